The average molecular weight is 705 g/mol. The van der Waals surface area contributed by atoms with Gasteiger partial charge in [-0.15, -0.1) is 0 Å². The minimum absolute atomic E-state index is 0.0862. The van der Waals surface area contributed by atoms with Crippen molar-refractivity contribution in [3.8, 4) is 0 Å². The molecule has 0 amide bonds. The van der Waals surface area contributed by atoms with E-state index in [0.717, 1.165) is 44.7 Å². The predicted molar refractivity (Wildman–Crippen MR) is 202 cm³/mol. The molecule has 1 rings (SSSR count). The summed E-state index contributed by atoms with van der Waals surface area (Å²) in [6.07, 6.45) is 3.32. The minimum Gasteiger partial charge on any atom is -0.376 e. The number of benzene rings is 1. The van der Waals surface area contributed by atoms with E-state index >= 15 is 0 Å². The van der Waals surface area contributed by atoms with E-state index in [0.29, 0.717) is 19.8 Å². The number of rotatable bonds is 25. The second-order valence-corrected chi connectivity index (χ2v) is 25.8. The smallest absolute Gasteiger partial charge is 0.376 e. The Bertz CT molecular complexity index is 910. The zero-order chi connectivity index (χ0) is 33.3. The van der Waals surface area contributed by atoms with Crippen molar-refractivity contribution in [1.82, 2.24) is 5.32 Å². The van der Waals surface area contributed by atoms with Gasteiger partial charge < -0.3 is 36.8 Å². The Balaban J connectivity index is 3.26. The van der Waals surface area contributed by atoms with Crippen molar-refractivity contribution in [3.63, 3.8) is 0 Å². The molecule has 0 bridgehead atoms. The zero-order valence-corrected chi connectivity index (χ0v) is 36.4. The summed E-state index contributed by atoms with van der Waals surface area (Å²) in [7, 11) is -2.80. The van der Waals surface area contributed by atoms with E-state index in [9.17, 15) is 0 Å². The van der Waals surface area contributed by atoms with Crippen LogP contribution in [0.25, 0.3) is 0 Å². The van der Waals surface area contributed by atoms with Crippen LogP contribution < -0.4 is 20.6 Å². The standard InChI is InChI=1S/C31H68N2O6Si5/c1-14-33(15-2)30-27(20-22-40-25-32-21-19-23-43(37-16-3,38-17-4)39-18-5)31(42(12)13)28(24-29(30)41(10)11)26(6)44(34-7,35-8)36-9/h24,26,32,41-42H,14-23,25,40H2,1-13H3. The fourth-order valence-electron chi connectivity index (χ4n) is 6.51. The molecule has 0 spiro atoms. The third-order valence-electron chi connectivity index (χ3n) is 8.60. The van der Waals surface area contributed by atoms with Gasteiger partial charge in [0.15, 0.2) is 0 Å². The van der Waals surface area contributed by atoms with Crippen molar-refractivity contribution < 1.29 is 26.6 Å². The van der Waals surface area contributed by atoms with Gasteiger partial charge in [-0.1, -0.05) is 50.4 Å². The molecule has 0 saturated heterocycles. The fraction of sp³-hybridized carbons (Fsp3) is 0.806. The highest BCUT2D eigenvalue weighted by Crippen LogP contribution is 2.31. The van der Waals surface area contributed by atoms with Crippen molar-refractivity contribution in [2.24, 2.45) is 0 Å². The molecule has 0 heterocycles. The van der Waals surface area contributed by atoms with E-state index in [1.54, 1.807) is 43.0 Å². The molecule has 1 atom stereocenters. The van der Waals surface area contributed by atoms with Gasteiger partial charge in [0, 0.05) is 75.5 Å². The number of hydrogen-bond donors (Lipinski definition) is 1. The topological polar surface area (TPSA) is 70.7 Å². The molecule has 0 aromatic heterocycles. The monoisotopic (exact) mass is 704 g/mol. The second kappa shape index (κ2) is 21.6. The molecule has 0 fully saturated rings. The Morgan fingerprint density at radius 1 is 0.864 bits per heavy atom. The SMILES string of the molecule is CCO[Si](CCCNC[SiH2]CCc1c(N(CC)CC)c([SiH](C)C)cc(C(C)[Si](OC)(OC)OC)c1[SiH](C)C)(OCC)OCC. The minimum atomic E-state index is -2.87. The van der Waals surface area contributed by atoms with Crippen LogP contribution in [0.2, 0.25) is 38.3 Å². The van der Waals surface area contributed by atoms with Gasteiger partial charge in [0.05, 0.1) is 23.1 Å². The molecule has 44 heavy (non-hydrogen) atoms. The number of anilines is 1. The highest BCUT2D eigenvalue weighted by Gasteiger charge is 2.47. The van der Waals surface area contributed by atoms with Gasteiger partial charge in [-0.25, -0.2) is 0 Å². The molecule has 0 aliphatic rings. The first kappa shape index (κ1) is 41.8. The summed E-state index contributed by atoms with van der Waals surface area (Å²) in [5, 5.41) is 6.95. The summed E-state index contributed by atoms with van der Waals surface area (Å²) in [5.74, 6) is 0. The van der Waals surface area contributed by atoms with Crippen LogP contribution in [0, 0.1) is 0 Å². The molecule has 1 N–H and O–H groups in total. The number of nitrogens with zero attached hydrogens (tertiary/aromatic N) is 1. The fourth-order valence-corrected chi connectivity index (χ4v) is 16.2. The maximum absolute atomic E-state index is 6.04. The van der Waals surface area contributed by atoms with Gasteiger partial charge in [-0.2, -0.15) is 0 Å². The molecule has 1 aromatic carbocycles. The van der Waals surface area contributed by atoms with Gasteiger partial charge in [-0.05, 0) is 76.5 Å². The third kappa shape index (κ3) is 11.2. The number of nitrogens with one attached hydrogen (secondary N) is 1. The van der Waals surface area contributed by atoms with Gasteiger partial charge >= 0.3 is 17.6 Å². The maximum atomic E-state index is 6.04. The van der Waals surface area contributed by atoms with Crippen LogP contribution in [0.3, 0.4) is 0 Å². The lowest BCUT2D eigenvalue weighted by Crippen LogP contribution is -2.51. The first-order valence-electron chi connectivity index (χ1n) is 17.2. The Kier molecular flexibility index (Phi) is 20.6. The van der Waals surface area contributed by atoms with E-state index in [4.69, 9.17) is 26.6 Å². The van der Waals surface area contributed by atoms with Crippen molar-refractivity contribution in [2.45, 2.75) is 98.2 Å². The van der Waals surface area contributed by atoms with Gasteiger partial charge in [0.25, 0.3) is 0 Å². The summed E-state index contributed by atoms with van der Waals surface area (Å²) in [6.45, 7) is 27.8. The molecule has 8 nitrogen and oxygen atoms in total. The molecule has 1 unspecified atom stereocenters. The largest absolute Gasteiger partial charge is 0.507 e. The second-order valence-electron chi connectivity index (χ2n) is 12.0. The summed E-state index contributed by atoms with van der Waals surface area (Å²) in [5.41, 5.74) is 4.68. The van der Waals surface area contributed by atoms with Crippen molar-refractivity contribution >= 4 is 60.8 Å². The Labute approximate surface area is 279 Å². The Morgan fingerprint density at radius 3 is 1.84 bits per heavy atom. The van der Waals surface area contributed by atoms with Crippen LogP contribution in [-0.2, 0) is 33.0 Å². The quantitative estimate of drug-likeness (QED) is 0.123. The average Bonchev–Trinajstić information content (AvgIpc) is 3.00. The van der Waals surface area contributed by atoms with E-state index in [2.05, 4.69) is 63.2 Å². The summed E-state index contributed by atoms with van der Waals surface area (Å²) in [4.78, 5) is 2.63. The number of hydrogen-bond acceptors (Lipinski definition) is 8. The van der Waals surface area contributed by atoms with Crippen molar-refractivity contribution in [1.29, 1.82) is 0 Å². The molecule has 258 valence electrons. The van der Waals surface area contributed by atoms with Gasteiger partial charge in [0.1, 0.15) is 0 Å². The molecule has 0 radical (unpaired) electrons. The molecule has 13 heteroatoms. The Morgan fingerprint density at radius 2 is 1.41 bits per heavy atom. The normalized spacial score (nSPS) is 13.6. The van der Waals surface area contributed by atoms with Gasteiger partial charge in [0.2, 0.25) is 0 Å². The summed E-state index contributed by atoms with van der Waals surface area (Å²) in [6, 6.07) is 4.72. The zero-order valence-electron chi connectivity index (χ0n) is 30.7. The third-order valence-corrected chi connectivity index (χ3v) is 19.9. The van der Waals surface area contributed by atoms with Crippen LogP contribution in [0.15, 0.2) is 6.07 Å². The highest BCUT2D eigenvalue weighted by atomic mass is 28.4. The van der Waals surface area contributed by atoms with Crippen LogP contribution in [0.1, 0.15) is 64.6 Å². The van der Waals surface area contributed by atoms with Crippen molar-refractivity contribution in [2.75, 3.05) is 71.9 Å². The first-order chi connectivity index (χ1) is 21.0. The van der Waals surface area contributed by atoms with Crippen LogP contribution in [0.5, 0.6) is 0 Å². The lowest BCUT2D eigenvalue weighted by Gasteiger charge is -2.36. The molecular formula is C31H68N2O6Si5. The lowest BCUT2D eigenvalue weighted by molar-refractivity contribution is 0.0708. The first-order valence-corrected chi connectivity index (χ1v) is 28.7. The van der Waals surface area contributed by atoms with Gasteiger partial charge in [-0.3, -0.25) is 0 Å². The molecule has 0 aliphatic carbocycles. The van der Waals surface area contributed by atoms with E-state index in [1.165, 1.54) is 11.6 Å². The van der Waals surface area contributed by atoms with Crippen LogP contribution >= 0.6 is 0 Å². The summed E-state index contributed by atoms with van der Waals surface area (Å²) < 4.78 is 36.2. The van der Waals surface area contributed by atoms with E-state index in [-0.39, 0.29) is 15.1 Å². The van der Waals surface area contributed by atoms with Crippen LogP contribution in [-0.4, -0.2) is 112 Å². The maximum Gasteiger partial charge on any atom is 0.507 e. The molecule has 0 aliphatic heterocycles. The van der Waals surface area contributed by atoms with Crippen molar-refractivity contribution in [3.05, 3.63) is 17.2 Å². The molecular weight excluding hydrogens is 637 g/mol. The lowest BCUT2D eigenvalue weighted by atomic mass is 10.0. The molecule has 0 saturated carbocycles. The van der Waals surface area contributed by atoms with E-state index in [1.807, 2.05) is 20.8 Å². The summed E-state index contributed by atoms with van der Waals surface area (Å²) >= 11 is 0. The Hall–Kier alpha value is -0.176. The van der Waals surface area contributed by atoms with Crippen LogP contribution in [0.4, 0.5) is 5.69 Å². The molecule has 1 aromatic rings. The van der Waals surface area contributed by atoms with E-state index < -0.39 is 35.2 Å². The highest BCUT2D eigenvalue weighted by molar-refractivity contribution is 6.75. The predicted octanol–water partition coefficient (Wildman–Crippen LogP) is 3.56.